The van der Waals surface area contributed by atoms with E-state index in [1.807, 2.05) is 6.07 Å². The lowest BCUT2D eigenvalue weighted by Gasteiger charge is -2.14. The van der Waals surface area contributed by atoms with Crippen molar-refractivity contribution in [2.45, 2.75) is 12.7 Å². The Balaban J connectivity index is 1.94. The molecule has 9 heteroatoms. The van der Waals surface area contributed by atoms with Crippen LogP contribution in [0, 0.1) is 11.3 Å². The molecule has 1 heterocycles. The number of halogens is 4. The van der Waals surface area contributed by atoms with E-state index in [9.17, 15) is 13.2 Å². The third kappa shape index (κ3) is 3.88. The zero-order valence-corrected chi connectivity index (χ0v) is 14.7. The summed E-state index contributed by atoms with van der Waals surface area (Å²) in [6, 6.07) is 10.6. The Hall–Kier alpha value is -3.05. The summed E-state index contributed by atoms with van der Waals surface area (Å²) >= 11 is 6.02. The van der Waals surface area contributed by atoms with Crippen molar-refractivity contribution in [2.24, 2.45) is 0 Å². The van der Waals surface area contributed by atoms with E-state index in [-0.39, 0.29) is 17.4 Å². The highest BCUT2D eigenvalue weighted by atomic mass is 35.5. The van der Waals surface area contributed by atoms with Crippen LogP contribution in [0.25, 0.3) is 10.8 Å². The minimum atomic E-state index is -4.53. The zero-order valence-electron chi connectivity index (χ0n) is 13.9. The van der Waals surface area contributed by atoms with Crippen LogP contribution < -0.4 is 10.1 Å². The highest BCUT2D eigenvalue weighted by Gasteiger charge is 2.34. The molecule has 1 aromatic heterocycles. The third-order valence-electron chi connectivity index (χ3n) is 3.89. The van der Waals surface area contributed by atoms with E-state index in [0.717, 1.165) is 6.07 Å². The number of benzene rings is 2. The molecule has 5 nitrogen and oxygen atoms in total. The molecule has 0 fully saturated rings. The van der Waals surface area contributed by atoms with Crippen molar-refractivity contribution < 1.29 is 17.9 Å². The fourth-order valence-electron chi connectivity index (χ4n) is 2.59. The average molecular weight is 393 g/mol. The number of fused-ring (bicyclic) bond motifs is 1. The van der Waals surface area contributed by atoms with Gasteiger partial charge in [0.25, 0.3) is 0 Å². The van der Waals surface area contributed by atoms with Crippen molar-refractivity contribution in [3.8, 4) is 11.8 Å². The second kappa shape index (κ2) is 7.29. The maximum absolute atomic E-state index is 13.1. The molecule has 3 aromatic rings. The fraction of sp³-hybridized carbons (Fsp3) is 0.167. The predicted molar refractivity (Wildman–Crippen MR) is 94.6 cm³/mol. The zero-order chi connectivity index (χ0) is 19.6. The first-order valence-electron chi connectivity index (χ1n) is 7.67. The molecule has 138 valence electrons. The Morgan fingerprint density at radius 3 is 2.59 bits per heavy atom. The van der Waals surface area contributed by atoms with Crippen molar-refractivity contribution in [3.05, 3.63) is 58.2 Å². The average Bonchev–Trinajstić information content (AvgIpc) is 2.66. The number of methoxy groups -OCH3 is 1. The summed E-state index contributed by atoms with van der Waals surface area (Å²) in [6.45, 7) is 0.0647. The van der Waals surface area contributed by atoms with E-state index in [0.29, 0.717) is 27.7 Å². The molecule has 0 aliphatic carbocycles. The van der Waals surface area contributed by atoms with Gasteiger partial charge in [-0.15, -0.1) is 10.2 Å². The van der Waals surface area contributed by atoms with Crippen LogP contribution in [-0.4, -0.2) is 17.3 Å². The van der Waals surface area contributed by atoms with Crippen LogP contribution in [0.4, 0.5) is 19.0 Å². The van der Waals surface area contributed by atoms with Gasteiger partial charge in [0.05, 0.1) is 24.3 Å². The van der Waals surface area contributed by atoms with Crippen molar-refractivity contribution in [1.82, 2.24) is 10.2 Å². The molecular weight excluding hydrogens is 381 g/mol. The summed E-state index contributed by atoms with van der Waals surface area (Å²) in [6.07, 6.45) is -4.53. The lowest BCUT2D eigenvalue weighted by molar-refractivity contribution is -0.138. The molecule has 0 saturated carbocycles. The second-order valence-electron chi connectivity index (χ2n) is 5.60. The van der Waals surface area contributed by atoms with Crippen LogP contribution in [0.15, 0.2) is 36.4 Å². The van der Waals surface area contributed by atoms with Crippen molar-refractivity contribution >= 4 is 28.2 Å². The standard InChI is InChI=1S/C18H12ClF3N4O/c1-27-15-5-3-11(7-14(15)18(20,21)22)9-24-17-13-6-10(8-23)2-4-12(13)16(19)25-26-17/h2-7H,9H2,1H3,(H,24,26). The van der Waals surface area contributed by atoms with Crippen LogP contribution >= 0.6 is 11.6 Å². The summed E-state index contributed by atoms with van der Waals surface area (Å²) in [5, 5.41) is 21.1. The quantitative estimate of drug-likeness (QED) is 0.691. The van der Waals surface area contributed by atoms with Gasteiger partial charge in [-0.3, -0.25) is 0 Å². The largest absolute Gasteiger partial charge is 0.496 e. The Labute approximate surface area is 157 Å². The van der Waals surface area contributed by atoms with Gasteiger partial charge in [0, 0.05) is 17.3 Å². The Kier molecular flexibility index (Phi) is 5.06. The number of anilines is 1. The van der Waals surface area contributed by atoms with Gasteiger partial charge in [-0.1, -0.05) is 17.7 Å². The number of hydrogen-bond donors (Lipinski definition) is 1. The van der Waals surface area contributed by atoms with Gasteiger partial charge in [0.15, 0.2) is 11.0 Å². The van der Waals surface area contributed by atoms with Gasteiger partial charge in [-0.2, -0.15) is 18.4 Å². The molecule has 1 N–H and O–H groups in total. The maximum Gasteiger partial charge on any atom is 0.419 e. The summed E-state index contributed by atoms with van der Waals surface area (Å²) in [7, 11) is 1.19. The maximum atomic E-state index is 13.1. The lowest BCUT2D eigenvalue weighted by atomic mass is 10.1. The Bertz CT molecular complexity index is 1050. The topological polar surface area (TPSA) is 70.8 Å². The minimum Gasteiger partial charge on any atom is -0.496 e. The number of hydrogen-bond acceptors (Lipinski definition) is 5. The molecule has 0 atom stereocenters. The highest BCUT2D eigenvalue weighted by molar-refractivity contribution is 6.34. The van der Waals surface area contributed by atoms with Gasteiger partial charge in [0.2, 0.25) is 0 Å². The van der Waals surface area contributed by atoms with E-state index in [1.165, 1.54) is 19.2 Å². The van der Waals surface area contributed by atoms with Gasteiger partial charge in [0.1, 0.15) is 5.75 Å². The molecule has 2 aromatic carbocycles. The van der Waals surface area contributed by atoms with E-state index >= 15 is 0 Å². The SMILES string of the molecule is COc1ccc(CNc2nnc(Cl)c3ccc(C#N)cc23)cc1C(F)(F)F. The van der Waals surface area contributed by atoms with E-state index in [1.54, 1.807) is 18.2 Å². The first kappa shape index (κ1) is 18.7. The number of aromatic nitrogens is 2. The van der Waals surface area contributed by atoms with Crippen molar-refractivity contribution in [1.29, 1.82) is 5.26 Å². The van der Waals surface area contributed by atoms with Crippen molar-refractivity contribution in [3.63, 3.8) is 0 Å². The normalized spacial score (nSPS) is 11.3. The van der Waals surface area contributed by atoms with Crippen LogP contribution in [0.1, 0.15) is 16.7 Å². The first-order chi connectivity index (χ1) is 12.8. The number of nitrogens with zero attached hydrogens (tertiary/aromatic N) is 3. The number of nitrogens with one attached hydrogen (secondary N) is 1. The lowest BCUT2D eigenvalue weighted by Crippen LogP contribution is -2.10. The summed E-state index contributed by atoms with van der Waals surface area (Å²) < 4.78 is 44.2. The molecule has 0 unspecified atom stereocenters. The van der Waals surface area contributed by atoms with Gasteiger partial charge in [-0.05, 0) is 35.9 Å². The number of alkyl halides is 3. The summed E-state index contributed by atoms with van der Waals surface area (Å²) in [5.74, 6) is 0.0672. The fourth-order valence-corrected chi connectivity index (χ4v) is 2.80. The number of ether oxygens (including phenoxy) is 1. The molecule has 3 rings (SSSR count). The Morgan fingerprint density at radius 2 is 1.93 bits per heavy atom. The number of nitriles is 1. The molecule has 0 radical (unpaired) electrons. The molecule has 0 bridgehead atoms. The molecule has 0 amide bonds. The predicted octanol–water partition coefficient (Wildman–Crippen LogP) is 4.79. The van der Waals surface area contributed by atoms with E-state index < -0.39 is 11.7 Å². The minimum absolute atomic E-state index is 0.0647. The summed E-state index contributed by atoms with van der Waals surface area (Å²) in [4.78, 5) is 0. The third-order valence-corrected chi connectivity index (χ3v) is 4.17. The summed E-state index contributed by atoms with van der Waals surface area (Å²) in [5.41, 5.74) is -0.0778. The van der Waals surface area contributed by atoms with Gasteiger partial charge >= 0.3 is 6.18 Å². The smallest absolute Gasteiger partial charge is 0.419 e. The van der Waals surface area contributed by atoms with Crippen LogP contribution in [0.3, 0.4) is 0 Å². The molecule has 27 heavy (non-hydrogen) atoms. The molecule has 0 aliphatic heterocycles. The Morgan fingerprint density at radius 1 is 1.15 bits per heavy atom. The van der Waals surface area contributed by atoms with E-state index in [4.69, 9.17) is 21.6 Å². The van der Waals surface area contributed by atoms with Crippen LogP contribution in [0.5, 0.6) is 5.75 Å². The second-order valence-corrected chi connectivity index (χ2v) is 5.96. The monoisotopic (exact) mass is 392 g/mol. The van der Waals surface area contributed by atoms with Crippen molar-refractivity contribution in [2.75, 3.05) is 12.4 Å². The van der Waals surface area contributed by atoms with Gasteiger partial charge in [-0.25, -0.2) is 0 Å². The number of rotatable bonds is 4. The molecule has 0 spiro atoms. The molecular formula is C18H12ClF3N4O. The molecule has 0 saturated heterocycles. The highest BCUT2D eigenvalue weighted by Crippen LogP contribution is 2.37. The first-order valence-corrected chi connectivity index (χ1v) is 8.05. The van der Waals surface area contributed by atoms with Crippen LogP contribution in [0.2, 0.25) is 5.15 Å². The van der Waals surface area contributed by atoms with Crippen LogP contribution in [-0.2, 0) is 12.7 Å². The van der Waals surface area contributed by atoms with Gasteiger partial charge < -0.3 is 10.1 Å². The van der Waals surface area contributed by atoms with E-state index in [2.05, 4.69) is 15.5 Å². The molecule has 0 aliphatic rings.